The molecule has 8 rings (SSSR count). The van der Waals surface area contributed by atoms with Crippen LogP contribution >= 0.6 is 23.2 Å². The lowest BCUT2D eigenvalue weighted by Gasteiger charge is -2.24. The van der Waals surface area contributed by atoms with E-state index in [1.165, 1.54) is 0 Å². The molecule has 0 saturated heterocycles. The molecule has 6 aromatic rings. The Labute approximate surface area is 383 Å². The zero-order valence-electron chi connectivity index (χ0n) is 36.1. The van der Waals surface area contributed by atoms with E-state index in [-0.39, 0.29) is 23.6 Å². The van der Waals surface area contributed by atoms with Gasteiger partial charge in [-0.25, -0.2) is 0 Å². The van der Waals surface area contributed by atoms with Crippen molar-refractivity contribution in [2.45, 2.75) is 65.6 Å². The summed E-state index contributed by atoms with van der Waals surface area (Å²) < 4.78 is 0. The fraction of sp³-hybridized carbons (Fsp3) is 0.231. The van der Waals surface area contributed by atoms with Gasteiger partial charge in [0, 0.05) is 79.3 Å². The minimum atomic E-state index is -0.651. The Balaban J connectivity index is 0.000000191. The second-order valence-corrected chi connectivity index (χ2v) is 17.1. The highest BCUT2D eigenvalue weighted by Gasteiger charge is 2.29. The zero-order chi connectivity index (χ0) is 45.7. The van der Waals surface area contributed by atoms with Crippen molar-refractivity contribution < 1.29 is 29.4 Å². The van der Waals surface area contributed by atoms with Gasteiger partial charge in [-0.3, -0.25) is 19.2 Å². The first-order chi connectivity index (χ1) is 30.7. The number of benzene rings is 6. The van der Waals surface area contributed by atoms with Crippen LogP contribution in [0, 0.1) is 27.7 Å². The van der Waals surface area contributed by atoms with Crippen molar-refractivity contribution in [2.75, 3.05) is 33.5 Å². The van der Waals surface area contributed by atoms with Gasteiger partial charge in [0.25, 0.3) is 23.6 Å². The molecule has 0 fully saturated rings. The monoisotopic (exact) mass is 896 g/mol. The number of hydrogen-bond acceptors (Lipinski definition) is 6. The lowest BCUT2D eigenvalue weighted by molar-refractivity contribution is 0.0978. The molecule has 0 aliphatic carbocycles. The van der Waals surface area contributed by atoms with Crippen molar-refractivity contribution in [3.8, 4) is 0 Å². The van der Waals surface area contributed by atoms with E-state index in [0.717, 1.165) is 22.3 Å². The Morgan fingerprint density at radius 1 is 0.500 bits per heavy atom. The molecule has 10 nitrogen and oxygen atoms in total. The molecule has 64 heavy (non-hydrogen) atoms. The molecule has 2 atom stereocenters. The van der Waals surface area contributed by atoms with Crippen LogP contribution in [0.1, 0.15) is 113 Å². The lowest BCUT2D eigenvalue weighted by Crippen LogP contribution is -2.32. The molecule has 2 aliphatic rings. The summed E-state index contributed by atoms with van der Waals surface area (Å²) in [5, 5.41) is 27.9. The molecule has 0 spiro atoms. The van der Waals surface area contributed by atoms with Crippen LogP contribution in [0.15, 0.2) is 121 Å². The smallest absolute Gasteiger partial charge is 0.258 e. The predicted molar refractivity (Wildman–Crippen MR) is 255 cm³/mol. The van der Waals surface area contributed by atoms with Crippen molar-refractivity contribution in [1.82, 2.24) is 0 Å². The van der Waals surface area contributed by atoms with Gasteiger partial charge in [-0.05, 0) is 161 Å². The van der Waals surface area contributed by atoms with E-state index in [0.29, 0.717) is 105 Å². The molecule has 6 aromatic carbocycles. The van der Waals surface area contributed by atoms with E-state index in [2.05, 4.69) is 10.6 Å². The molecule has 0 saturated carbocycles. The number of rotatable bonds is 6. The first kappa shape index (κ1) is 45.7. The number of hydrogen-bond donors (Lipinski definition) is 4. The van der Waals surface area contributed by atoms with Crippen LogP contribution < -0.4 is 20.4 Å². The number of anilines is 4. The number of nitrogens with zero attached hydrogens (tertiary/aromatic N) is 2. The van der Waals surface area contributed by atoms with Crippen LogP contribution in [-0.4, -0.2) is 46.9 Å². The number of aliphatic hydroxyl groups excluding tert-OH is 2. The number of nitrogens with one attached hydrogen (secondary N) is 2. The number of fused-ring (bicyclic) bond motifs is 2. The fourth-order valence-electron chi connectivity index (χ4n) is 8.24. The number of carbonyl (C=O) groups is 4. The molecule has 328 valence electrons. The number of carbonyl (C=O) groups excluding carboxylic acids is 4. The second kappa shape index (κ2) is 20.0. The molecule has 0 aromatic heterocycles. The van der Waals surface area contributed by atoms with Crippen LogP contribution in [-0.2, 0) is 0 Å². The van der Waals surface area contributed by atoms with Crippen molar-refractivity contribution in [3.63, 3.8) is 0 Å². The van der Waals surface area contributed by atoms with Crippen LogP contribution in [0.4, 0.5) is 22.7 Å². The van der Waals surface area contributed by atoms with Crippen molar-refractivity contribution in [2.24, 2.45) is 0 Å². The van der Waals surface area contributed by atoms with Crippen LogP contribution in [0.2, 0.25) is 10.0 Å². The topological polar surface area (TPSA) is 139 Å². The number of halogens is 2. The highest BCUT2D eigenvalue weighted by molar-refractivity contribution is 6.31. The molecule has 12 heteroatoms. The van der Waals surface area contributed by atoms with Gasteiger partial charge < -0.3 is 30.6 Å². The van der Waals surface area contributed by atoms with Crippen LogP contribution in [0.3, 0.4) is 0 Å². The van der Waals surface area contributed by atoms with Gasteiger partial charge in [0.2, 0.25) is 0 Å². The van der Waals surface area contributed by atoms with Gasteiger partial charge in [-0.15, -0.1) is 0 Å². The summed E-state index contributed by atoms with van der Waals surface area (Å²) >= 11 is 12.3. The van der Waals surface area contributed by atoms with Gasteiger partial charge in [0.05, 0.1) is 12.2 Å². The summed E-state index contributed by atoms with van der Waals surface area (Å²) in [6.07, 6.45) is 1.20. The van der Waals surface area contributed by atoms with Crippen LogP contribution in [0.5, 0.6) is 0 Å². The summed E-state index contributed by atoms with van der Waals surface area (Å²) in [7, 11) is 0. The summed E-state index contributed by atoms with van der Waals surface area (Å²) in [6, 6.07) is 35.9. The summed E-state index contributed by atoms with van der Waals surface area (Å²) in [5.41, 5.74) is 9.62. The van der Waals surface area contributed by atoms with E-state index in [1.807, 2.05) is 64.1 Å². The van der Waals surface area contributed by atoms with E-state index in [1.54, 1.807) is 94.7 Å². The SMILES string of the molecule is Cc1ccccc1C(=O)Nc1ccc(C(=O)N2CCCC(O)c3cc(Cl)ccc32)c(C)c1.Cc1ccccc1C(=O)Nc1ccc(C(=O)N2CCCC(O)c3cc(Cl)ccc32)c(C)c1. The third-order valence-electron chi connectivity index (χ3n) is 11.7. The Hall–Kier alpha value is -6.30. The molecule has 0 bridgehead atoms. The average Bonchev–Trinajstić information content (AvgIpc) is 3.53. The largest absolute Gasteiger partial charge is 0.388 e. The van der Waals surface area contributed by atoms with E-state index >= 15 is 0 Å². The van der Waals surface area contributed by atoms with Crippen molar-refractivity contribution in [1.29, 1.82) is 0 Å². The Kier molecular flexibility index (Phi) is 14.3. The lowest BCUT2D eigenvalue weighted by atomic mass is 10.0. The molecule has 4 amide bonds. The summed E-state index contributed by atoms with van der Waals surface area (Å²) in [5.74, 6) is -0.656. The third-order valence-corrected chi connectivity index (χ3v) is 12.2. The van der Waals surface area contributed by atoms with E-state index < -0.39 is 12.2 Å². The number of aryl methyl sites for hydroxylation is 4. The zero-order valence-corrected chi connectivity index (χ0v) is 37.6. The number of aliphatic hydroxyl groups is 2. The van der Waals surface area contributed by atoms with Gasteiger partial charge in [0.15, 0.2) is 0 Å². The Bertz CT molecular complexity index is 2570. The van der Waals surface area contributed by atoms with E-state index in [4.69, 9.17) is 23.2 Å². The first-order valence-electron chi connectivity index (χ1n) is 21.2. The van der Waals surface area contributed by atoms with Gasteiger partial charge >= 0.3 is 0 Å². The number of amides is 4. The quantitative estimate of drug-likeness (QED) is 0.131. The molecule has 2 unspecified atom stereocenters. The third kappa shape index (κ3) is 10.2. The standard InChI is InChI=1S/2C26H25ClN2O3/c2*1-16-6-3-4-7-20(16)25(31)28-19-10-11-21(17(2)14-19)26(32)29-13-5-8-24(30)22-15-18(27)9-12-23(22)29/h2*3-4,6-7,9-12,14-15,24,30H,5,8,13H2,1-2H3,(H,28,31). The maximum Gasteiger partial charge on any atom is 0.258 e. The first-order valence-corrected chi connectivity index (χ1v) is 22.0. The normalized spacial score (nSPS) is 15.6. The fourth-order valence-corrected chi connectivity index (χ4v) is 8.60. The Morgan fingerprint density at radius 2 is 0.891 bits per heavy atom. The molecular formula is C52H50Cl2N4O6. The average molecular weight is 898 g/mol. The van der Waals surface area contributed by atoms with E-state index in [9.17, 15) is 29.4 Å². The van der Waals surface area contributed by atoms with Crippen molar-refractivity contribution in [3.05, 3.63) is 187 Å². The summed E-state index contributed by atoms with van der Waals surface area (Å²) in [4.78, 5) is 55.6. The minimum Gasteiger partial charge on any atom is -0.388 e. The summed E-state index contributed by atoms with van der Waals surface area (Å²) in [6.45, 7) is 8.51. The highest BCUT2D eigenvalue weighted by Crippen LogP contribution is 2.37. The molecule has 2 aliphatic heterocycles. The van der Waals surface area contributed by atoms with Crippen LogP contribution in [0.25, 0.3) is 0 Å². The van der Waals surface area contributed by atoms with Crippen molar-refractivity contribution >= 4 is 69.6 Å². The Morgan fingerprint density at radius 3 is 1.27 bits per heavy atom. The van der Waals surface area contributed by atoms with Gasteiger partial charge in [-0.1, -0.05) is 59.6 Å². The maximum absolute atomic E-state index is 13.5. The van der Waals surface area contributed by atoms with Gasteiger partial charge in [-0.2, -0.15) is 0 Å². The minimum absolute atomic E-state index is 0.142. The highest BCUT2D eigenvalue weighted by atomic mass is 35.5. The molecule has 2 heterocycles. The molecular weight excluding hydrogens is 847 g/mol. The molecule has 4 N–H and O–H groups in total. The predicted octanol–water partition coefficient (Wildman–Crippen LogP) is 11.4. The molecule has 0 radical (unpaired) electrons. The maximum atomic E-state index is 13.5. The second-order valence-electron chi connectivity index (χ2n) is 16.2. The van der Waals surface area contributed by atoms with Gasteiger partial charge in [0.1, 0.15) is 0 Å².